The maximum Gasteiger partial charge on any atom is 0.148 e. The molecule has 0 radical (unpaired) electrons. The SMILES string of the molecule is [2H]C([2H])([2H])C1(C([2H])([2H])[2H])c2ccc3nc4c5cccc(C(C)(C)C)c5ncn4c3c2C(C)(C)C1(C)C. The summed E-state index contributed by atoms with van der Waals surface area (Å²) in [5.41, 5.74) is 1.15. The predicted octanol–water partition coefficient (Wildman–Crippen LogP) is 6.93. The van der Waals surface area contributed by atoms with Gasteiger partial charge in [0.15, 0.2) is 0 Å². The topological polar surface area (TPSA) is 30.2 Å². The second-order valence-corrected chi connectivity index (χ2v) is 10.9. The van der Waals surface area contributed by atoms with Crippen molar-refractivity contribution in [3.05, 3.63) is 53.3 Å². The molecular weight excluding hydrogens is 366 g/mol. The minimum Gasteiger partial charge on any atom is -0.282 e. The normalized spacial score (nSPS) is 23.4. The predicted molar refractivity (Wildman–Crippen MR) is 127 cm³/mol. The molecule has 0 N–H and O–H groups in total. The summed E-state index contributed by atoms with van der Waals surface area (Å²) in [5, 5.41) is 0.905. The van der Waals surface area contributed by atoms with Crippen molar-refractivity contribution in [3.63, 3.8) is 0 Å². The lowest BCUT2D eigenvalue weighted by Crippen LogP contribution is -2.42. The molecule has 5 rings (SSSR count). The van der Waals surface area contributed by atoms with E-state index in [0.717, 1.165) is 33.2 Å². The molecule has 2 heterocycles. The quantitative estimate of drug-likeness (QED) is 0.317. The molecular formula is C27H33N3. The number of fused-ring (bicyclic) bond motifs is 7. The Morgan fingerprint density at radius 3 is 2.37 bits per heavy atom. The Morgan fingerprint density at radius 2 is 1.70 bits per heavy atom. The first-order valence-corrected chi connectivity index (χ1v) is 10.5. The van der Waals surface area contributed by atoms with E-state index in [1.807, 2.05) is 30.4 Å². The fourth-order valence-corrected chi connectivity index (χ4v) is 5.14. The molecule has 0 unspecified atom stereocenters. The zero-order valence-electron chi connectivity index (χ0n) is 24.8. The van der Waals surface area contributed by atoms with Gasteiger partial charge in [-0.2, -0.15) is 0 Å². The van der Waals surface area contributed by atoms with Gasteiger partial charge >= 0.3 is 0 Å². The summed E-state index contributed by atoms with van der Waals surface area (Å²) < 4.78 is 53.3. The number of imidazole rings is 1. The van der Waals surface area contributed by atoms with Crippen LogP contribution in [0.25, 0.3) is 27.6 Å². The molecule has 156 valence electrons. The molecule has 0 saturated carbocycles. The number of hydrogen-bond donors (Lipinski definition) is 0. The van der Waals surface area contributed by atoms with Gasteiger partial charge in [0, 0.05) is 13.6 Å². The number of nitrogens with zero attached hydrogens (tertiary/aromatic N) is 3. The number of hydrogen-bond acceptors (Lipinski definition) is 2. The highest BCUT2D eigenvalue weighted by Crippen LogP contribution is 2.62. The van der Waals surface area contributed by atoms with Crippen LogP contribution in [0.5, 0.6) is 0 Å². The Labute approximate surface area is 188 Å². The molecule has 0 fully saturated rings. The Kier molecular flexibility index (Phi) is 2.50. The van der Waals surface area contributed by atoms with Gasteiger partial charge < -0.3 is 0 Å². The first-order valence-electron chi connectivity index (χ1n) is 13.5. The zero-order chi connectivity index (χ0) is 26.9. The molecule has 1 aliphatic rings. The first-order chi connectivity index (χ1) is 16.3. The lowest BCUT2D eigenvalue weighted by atomic mass is 9.59. The summed E-state index contributed by atoms with van der Waals surface area (Å²) in [6.45, 7) is 8.40. The van der Waals surface area contributed by atoms with Crippen molar-refractivity contribution in [3.8, 4) is 0 Å². The van der Waals surface area contributed by atoms with Gasteiger partial charge in [0.05, 0.1) is 16.6 Å². The highest BCUT2D eigenvalue weighted by molar-refractivity contribution is 5.99. The summed E-state index contributed by atoms with van der Waals surface area (Å²) in [7, 11) is 0. The van der Waals surface area contributed by atoms with Crippen LogP contribution in [0.1, 0.15) is 87.1 Å². The lowest BCUT2D eigenvalue weighted by molar-refractivity contribution is 0.125. The van der Waals surface area contributed by atoms with Crippen LogP contribution in [0, 0.1) is 5.41 Å². The van der Waals surface area contributed by atoms with E-state index in [-0.39, 0.29) is 5.41 Å². The van der Waals surface area contributed by atoms with Crippen LogP contribution in [0.4, 0.5) is 0 Å². The zero-order valence-corrected chi connectivity index (χ0v) is 18.8. The van der Waals surface area contributed by atoms with Crippen molar-refractivity contribution in [2.24, 2.45) is 5.41 Å². The second-order valence-electron chi connectivity index (χ2n) is 10.9. The van der Waals surface area contributed by atoms with Gasteiger partial charge in [-0.25, -0.2) is 9.97 Å². The van der Waals surface area contributed by atoms with E-state index in [1.54, 1.807) is 32.3 Å². The molecule has 2 aromatic carbocycles. The molecule has 3 nitrogen and oxygen atoms in total. The second kappa shape index (κ2) is 5.43. The van der Waals surface area contributed by atoms with Crippen LogP contribution < -0.4 is 0 Å². The van der Waals surface area contributed by atoms with Gasteiger partial charge in [0.2, 0.25) is 0 Å². The Morgan fingerprint density at radius 1 is 0.967 bits per heavy atom. The first kappa shape index (κ1) is 13.8. The molecule has 0 spiro atoms. The third kappa shape index (κ3) is 2.11. The fraction of sp³-hybridized carbons (Fsp3) is 0.481. The van der Waals surface area contributed by atoms with E-state index in [4.69, 9.17) is 18.2 Å². The Hall–Kier alpha value is -2.42. The maximum absolute atomic E-state index is 8.56. The third-order valence-corrected chi connectivity index (χ3v) is 7.77. The average Bonchev–Trinajstić information content (AvgIpc) is 3.15. The van der Waals surface area contributed by atoms with Crippen LogP contribution in [0.15, 0.2) is 36.7 Å². The lowest BCUT2D eigenvalue weighted by Gasteiger charge is -2.44. The summed E-state index contributed by atoms with van der Waals surface area (Å²) in [6, 6.07) is 9.55. The summed E-state index contributed by atoms with van der Waals surface area (Å²) in [5.74, 6) is 0. The molecule has 0 saturated heterocycles. The van der Waals surface area contributed by atoms with Crippen LogP contribution in [0.2, 0.25) is 0 Å². The van der Waals surface area contributed by atoms with Crippen molar-refractivity contribution in [2.45, 2.75) is 78.4 Å². The smallest absolute Gasteiger partial charge is 0.148 e. The van der Waals surface area contributed by atoms with Gasteiger partial charge in [-0.15, -0.1) is 0 Å². The van der Waals surface area contributed by atoms with Gasteiger partial charge in [0.25, 0.3) is 0 Å². The Bertz CT molecular complexity index is 1530. The molecule has 4 aromatic rings. The molecule has 0 amide bonds. The van der Waals surface area contributed by atoms with Crippen molar-refractivity contribution in [1.82, 2.24) is 14.4 Å². The highest BCUT2D eigenvalue weighted by Gasteiger charge is 2.57. The minimum absolute atomic E-state index is 0.108. The van der Waals surface area contributed by atoms with Crippen LogP contribution >= 0.6 is 0 Å². The van der Waals surface area contributed by atoms with Crippen molar-refractivity contribution in [1.29, 1.82) is 0 Å². The van der Waals surface area contributed by atoms with E-state index >= 15 is 0 Å². The Balaban J connectivity index is 1.99. The highest BCUT2D eigenvalue weighted by atomic mass is 15.1. The van der Waals surface area contributed by atoms with E-state index < -0.39 is 29.9 Å². The van der Waals surface area contributed by atoms with Crippen molar-refractivity contribution < 1.29 is 8.22 Å². The van der Waals surface area contributed by atoms with Crippen LogP contribution in [-0.4, -0.2) is 14.4 Å². The number of benzene rings is 2. The van der Waals surface area contributed by atoms with Crippen LogP contribution in [0.3, 0.4) is 0 Å². The van der Waals surface area contributed by atoms with Crippen molar-refractivity contribution in [2.75, 3.05) is 0 Å². The van der Waals surface area contributed by atoms with Gasteiger partial charge in [0.1, 0.15) is 12.0 Å². The standard InChI is InChI=1S/C27H33N3/c1-24(2,3)18-12-10-11-16-21(18)28-15-30-22-19(29-23(16)30)14-13-17-20(22)26(6,7)27(8,9)25(17,4)5/h10-15H,1-9H3/i4D3,5D3. The number of rotatable bonds is 0. The molecule has 30 heavy (non-hydrogen) atoms. The van der Waals surface area contributed by atoms with Gasteiger partial charge in [-0.3, -0.25) is 4.40 Å². The fourth-order valence-electron chi connectivity index (χ4n) is 5.14. The number of para-hydroxylation sites is 1. The molecule has 1 aliphatic carbocycles. The molecule has 3 heteroatoms. The summed E-state index contributed by atoms with van der Waals surface area (Å²) in [6.07, 6.45) is 1.75. The van der Waals surface area contributed by atoms with E-state index in [0.29, 0.717) is 11.1 Å². The molecule has 0 bridgehead atoms. The number of aromatic nitrogens is 3. The largest absolute Gasteiger partial charge is 0.282 e. The third-order valence-electron chi connectivity index (χ3n) is 7.77. The van der Waals surface area contributed by atoms with E-state index in [1.165, 1.54) is 0 Å². The molecule has 2 aromatic heterocycles. The van der Waals surface area contributed by atoms with E-state index in [9.17, 15) is 0 Å². The van der Waals surface area contributed by atoms with Crippen molar-refractivity contribution >= 4 is 27.6 Å². The van der Waals surface area contributed by atoms with E-state index in [2.05, 4.69) is 26.8 Å². The maximum atomic E-state index is 8.56. The average molecular weight is 406 g/mol. The summed E-state index contributed by atoms with van der Waals surface area (Å²) in [4.78, 5) is 9.81. The molecule has 0 atom stereocenters. The van der Waals surface area contributed by atoms with Gasteiger partial charge in [-0.1, -0.05) is 80.4 Å². The minimum atomic E-state index is -2.76. The monoisotopic (exact) mass is 405 g/mol. The van der Waals surface area contributed by atoms with Crippen LogP contribution in [-0.2, 0) is 16.2 Å². The summed E-state index contributed by atoms with van der Waals surface area (Å²) >= 11 is 0. The molecule has 0 aliphatic heterocycles. The van der Waals surface area contributed by atoms with Gasteiger partial charge in [-0.05, 0) is 50.5 Å².